The number of nitrogens with zero attached hydrogens (tertiary/aromatic N) is 4. The first-order chi connectivity index (χ1) is 9.59. The molecule has 0 atom stereocenters. The SMILES string of the molecule is Cn1c(=O)n(C2CCOCC2)c2nc(C(=O)O)ncc21. The molecule has 0 amide bonds. The fourth-order valence-corrected chi connectivity index (χ4v) is 2.51. The number of aromatic carboxylic acids is 1. The number of hydrogen-bond donors (Lipinski definition) is 1. The van der Waals surface area contributed by atoms with Gasteiger partial charge in [0.1, 0.15) is 5.52 Å². The summed E-state index contributed by atoms with van der Waals surface area (Å²) in [6, 6.07) is -0.0171. The highest BCUT2D eigenvalue weighted by Crippen LogP contribution is 2.23. The Morgan fingerprint density at radius 1 is 1.45 bits per heavy atom. The number of aryl methyl sites for hydroxylation is 1. The molecule has 106 valence electrons. The molecule has 1 saturated heterocycles. The molecule has 0 aromatic carbocycles. The minimum Gasteiger partial charge on any atom is -0.475 e. The number of carbonyl (C=O) groups is 1. The van der Waals surface area contributed by atoms with Crippen LogP contribution in [0, 0.1) is 0 Å². The van der Waals surface area contributed by atoms with Crippen LogP contribution in [0.2, 0.25) is 0 Å². The van der Waals surface area contributed by atoms with Gasteiger partial charge in [-0.3, -0.25) is 9.13 Å². The van der Waals surface area contributed by atoms with Crippen molar-refractivity contribution < 1.29 is 14.6 Å². The van der Waals surface area contributed by atoms with E-state index in [-0.39, 0.29) is 17.6 Å². The standard InChI is InChI=1S/C12H14N4O4/c1-15-8-6-13-9(11(17)18)14-10(8)16(12(15)19)7-2-4-20-5-3-7/h6-7H,2-5H2,1H3,(H,17,18). The van der Waals surface area contributed by atoms with Crippen molar-refractivity contribution in [1.29, 1.82) is 0 Å². The molecule has 8 nitrogen and oxygen atoms in total. The second-order valence-corrected chi connectivity index (χ2v) is 4.76. The van der Waals surface area contributed by atoms with Crippen molar-refractivity contribution in [3.05, 3.63) is 22.5 Å². The van der Waals surface area contributed by atoms with Gasteiger partial charge in [-0.25, -0.2) is 19.6 Å². The van der Waals surface area contributed by atoms with Crippen LogP contribution in [0.1, 0.15) is 29.5 Å². The predicted octanol–water partition coefficient (Wildman–Crippen LogP) is 0.180. The summed E-state index contributed by atoms with van der Waals surface area (Å²) in [5.74, 6) is -1.51. The van der Waals surface area contributed by atoms with E-state index in [1.54, 1.807) is 11.6 Å². The Balaban J connectivity index is 2.23. The molecule has 0 saturated carbocycles. The van der Waals surface area contributed by atoms with E-state index in [1.165, 1.54) is 10.8 Å². The molecule has 2 aromatic rings. The zero-order valence-electron chi connectivity index (χ0n) is 10.9. The Hall–Kier alpha value is -2.22. The number of rotatable bonds is 2. The Morgan fingerprint density at radius 2 is 2.15 bits per heavy atom. The van der Waals surface area contributed by atoms with E-state index in [1.807, 2.05) is 0 Å². The topological polar surface area (TPSA) is 99.2 Å². The summed E-state index contributed by atoms with van der Waals surface area (Å²) in [5, 5.41) is 8.98. The maximum Gasteiger partial charge on any atom is 0.374 e. The van der Waals surface area contributed by atoms with Gasteiger partial charge in [-0.1, -0.05) is 0 Å². The van der Waals surface area contributed by atoms with E-state index in [0.29, 0.717) is 37.2 Å². The van der Waals surface area contributed by atoms with Crippen molar-refractivity contribution in [3.8, 4) is 0 Å². The van der Waals surface area contributed by atoms with Gasteiger partial charge >= 0.3 is 11.7 Å². The van der Waals surface area contributed by atoms with Crippen LogP contribution in [0.25, 0.3) is 11.2 Å². The fraction of sp³-hybridized carbons (Fsp3) is 0.500. The Morgan fingerprint density at radius 3 is 2.80 bits per heavy atom. The van der Waals surface area contributed by atoms with Gasteiger partial charge in [0.25, 0.3) is 0 Å². The number of ether oxygens (including phenoxy) is 1. The molecule has 0 radical (unpaired) electrons. The van der Waals surface area contributed by atoms with Gasteiger partial charge in [-0.15, -0.1) is 0 Å². The van der Waals surface area contributed by atoms with Gasteiger partial charge in [0.15, 0.2) is 5.65 Å². The molecule has 3 rings (SSSR count). The molecular formula is C12H14N4O4. The second kappa shape index (κ2) is 4.71. The quantitative estimate of drug-likeness (QED) is 0.841. The minimum atomic E-state index is -1.21. The monoisotopic (exact) mass is 278 g/mol. The van der Waals surface area contributed by atoms with Gasteiger partial charge in [0, 0.05) is 26.3 Å². The summed E-state index contributed by atoms with van der Waals surface area (Å²) >= 11 is 0. The Labute approximate surface area is 113 Å². The zero-order chi connectivity index (χ0) is 14.3. The average Bonchev–Trinajstić information content (AvgIpc) is 2.71. The van der Waals surface area contributed by atoms with Gasteiger partial charge < -0.3 is 9.84 Å². The fourth-order valence-electron chi connectivity index (χ4n) is 2.51. The molecule has 0 spiro atoms. The normalized spacial score (nSPS) is 16.6. The molecule has 8 heteroatoms. The first-order valence-corrected chi connectivity index (χ1v) is 6.34. The molecule has 20 heavy (non-hydrogen) atoms. The van der Waals surface area contributed by atoms with Crippen molar-refractivity contribution in [3.63, 3.8) is 0 Å². The molecular weight excluding hydrogens is 264 g/mol. The van der Waals surface area contributed by atoms with Crippen LogP contribution in [0.5, 0.6) is 0 Å². The highest BCUT2D eigenvalue weighted by molar-refractivity contribution is 5.85. The first kappa shape index (κ1) is 12.8. The van der Waals surface area contributed by atoms with E-state index in [0.717, 1.165) is 0 Å². The smallest absolute Gasteiger partial charge is 0.374 e. The van der Waals surface area contributed by atoms with E-state index < -0.39 is 5.97 Å². The average molecular weight is 278 g/mol. The Kier molecular flexibility index (Phi) is 3.01. The van der Waals surface area contributed by atoms with E-state index in [2.05, 4.69) is 9.97 Å². The summed E-state index contributed by atoms with van der Waals surface area (Å²) in [5.41, 5.74) is 0.701. The molecule has 1 aliphatic heterocycles. The van der Waals surface area contributed by atoms with Crippen LogP contribution in [0.3, 0.4) is 0 Å². The zero-order valence-corrected chi connectivity index (χ0v) is 10.9. The third-order valence-electron chi connectivity index (χ3n) is 3.58. The minimum absolute atomic E-state index is 0.0171. The van der Waals surface area contributed by atoms with E-state index >= 15 is 0 Å². The maximum atomic E-state index is 12.3. The highest BCUT2D eigenvalue weighted by atomic mass is 16.5. The highest BCUT2D eigenvalue weighted by Gasteiger charge is 2.23. The van der Waals surface area contributed by atoms with Crippen LogP contribution in [0.15, 0.2) is 11.0 Å². The first-order valence-electron chi connectivity index (χ1n) is 6.34. The van der Waals surface area contributed by atoms with Crippen molar-refractivity contribution in [2.24, 2.45) is 7.05 Å². The van der Waals surface area contributed by atoms with Crippen molar-refractivity contribution >= 4 is 17.1 Å². The van der Waals surface area contributed by atoms with Crippen molar-refractivity contribution in [2.75, 3.05) is 13.2 Å². The number of imidazole rings is 1. The third-order valence-corrected chi connectivity index (χ3v) is 3.58. The Bertz CT molecular complexity index is 727. The number of carboxylic acid groups (broad SMARTS) is 1. The van der Waals surface area contributed by atoms with Crippen molar-refractivity contribution in [2.45, 2.75) is 18.9 Å². The predicted molar refractivity (Wildman–Crippen MR) is 68.8 cm³/mol. The van der Waals surface area contributed by atoms with Crippen LogP contribution >= 0.6 is 0 Å². The maximum absolute atomic E-state index is 12.3. The molecule has 0 bridgehead atoms. The summed E-state index contributed by atoms with van der Waals surface area (Å²) in [6.45, 7) is 1.18. The molecule has 1 N–H and O–H groups in total. The number of carboxylic acids is 1. The van der Waals surface area contributed by atoms with Gasteiger partial charge in [0.2, 0.25) is 5.82 Å². The molecule has 0 aliphatic carbocycles. The van der Waals surface area contributed by atoms with Gasteiger partial charge in [-0.05, 0) is 12.8 Å². The molecule has 3 heterocycles. The lowest BCUT2D eigenvalue weighted by Gasteiger charge is -2.22. The number of fused-ring (bicyclic) bond motifs is 1. The molecule has 1 fully saturated rings. The van der Waals surface area contributed by atoms with Crippen LogP contribution in [-0.2, 0) is 11.8 Å². The summed E-state index contributed by atoms with van der Waals surface area (Å²) < 4.78 is 8.30. The molecule has 2 aromatic heterocycles. The molecule has 0 unspecified atom stereocenters. The largest absolute Gasteiger partial charge is 0.475 e. The van der Waals surface area contributed by atoms with Crippen molar-refractivity contribution in [1.82, 2.24) is 19.1 Å². The van der Waals surface area contributed by atoms with Gasteiger partial charge in [0.05, 0.1) is 6.20 Å². The van der Waals surface area contributed by atoms with Crippen LogP contribution < -0.4 is 5.69 Å². The summed E-state index contributed by atoms with van der Waals surface area (Å²) in [7, 11) is 1.63. The lowest BCUT2D eigenvalue weighted by molar-refractivity contribution is 0.0677. The van der Waals surface area contributed by atoms with Crippen LogP contribution in [-0.4, -0.2) is 43.4 Å². The summed E-state index contributed by atoms with van der Waals surface area (Å²) in [4.78, 5) is 31.1. The third kappa shape index (κ3) is 1.88. The second-order valence-electron chi connectivity index (χ2n) is 4.76. The lowest BCUT2D eigenvalue weighted by Crippen LogP contribution is -2.30. The van der Waals surface area contributed by atoms with Crippen LogP contribution in [0.4, 0.5) is 0 Å². The van der Waals surface area contributed by atoms with E-state index in [9.17, 15) is 9.59 Å². The number of hydrogen-bond acceptors (Lipinski definition) is 5. The van der Waals surface area contributed by atoms with E-state index in [4.69, 9.17) is 9.84 Å². The lowest BCUT2D eigenvalue weighted by atomic mass is 10.1. The molecule has 1 aliphatic rings. The van der Waals surface area contributed by atoms with Gasteiger partial charge in [-0.2, -0.15) is 0 Å². The number of aromatic nitrogens is 4. The summed E-state index contributed by atoms with van der Waals surface area (Å²) in [6.07, 6.45) is 2.81.